The maximum atomic E-state index is 13.6. The molecule has 1 aromatic heterocycles. The van der Waals surface area contributed by atoms with E-state index >= 15 is 0 Å². The lowest BCUT2D eigenvalue weighted by molar-refractivity contribution is 0.0959. The molecule has 0 saturated heterocycles. The molecule has 2 aromatic rings. The molecule has 0 fully saturated rings. The van der Waals surface area contributed by atoms with Crippen LogP contribution in [0.3, 0.4) is 0 Å². The van der Waals surface area contributed by atoms with Crippen molar-refractivity contribution in [2.45, 2.75) is 32.1 Å². The van der Waals surface area contributed by atoms with Gasteiger partial charge < -0.3 is 4.74 Å². The van der Waals surface area contributed by atoms with Crippen molar-refractivity contribution in [3.8, 4) is 5.75 Å². The Morgan fingerprint density at radius 2 is 2.12 bits per heavy atom. The molecule has 0 radical (unpaired) electrons. The van der Waals surface area contributed by atoms with Crippen LogP contribution in [0.1, 0.15) is 44.9 Å². The molecule has 0 spiro atoms. The first kappa shape index (κ1) is 16.6. The van der Waals surface area contributed by atoms with Crippen molar-refractivity contribution in [3.05, 3.63) is 51.0 Å². The third-order valence-corrected chi connectivity index (χ3v) is 5.26. The van der Waals surface area contributed by atoms with Gasteiger partial charge in [0, 0.05) is 4.88 Å². The van der Waals surface area contributed by atoms with Gasteiger partial charge in [0.25, 0.3) is 5.91 Å². The molecule has 1 aliphatic rings. The molecule has 1 N–H and O–H groups in total. The summed E-state index contributed by atoms with van der Waals surface area (Å²) in [7, 11) is 1.41. The van der Waals surface area contributed by atoms with E-state index in [1.54, 1.807) is 17.4 Å². The Bertz CT molecular complexity index is 747. The van der Waals surface area contributed by atoms with Gasteiger partial charge in [-0.05, 0) is 61.1 Å². The van der Waals surface area contributed by atoms with E-state index in [-0.39, 0.29) is 11.7 Å². The van der Waals surface area contributed by atoms with Gasteiger partial charge in [-0.15, -0.1) is 11.3 Å². The number of carbonyl (C=O) groups is 1. The van der Waals surface area contributed by atoms with Crippen molar-refractivity contribution in [2.24, 2.45) is 5.10 Å². The Balaban J connectivity index is 1.64. The molecule has 24 heavy (non-hydrogen) atoms. The molecule has 1 aliphatic carbocycles. The van der Waals surface area contributed by atoms with Crippen LogP contribution >= 0.6 is 11.3 Å². The second-order valence-electron chi connectivity index (χ2n) is 5.71. The maximum absolute atomic E-state index is 13.6. The smallest absolute Gasteiger partial charge is 0.281 e. The van der Waals surface area contributed by atoms with Gasteiger partial charge in [-0.25, -0.2) is 9.82 Å². The summed E-state index contributed by atoms with van der Waals surface area (Å²) in [5.74, 6) is -0.510. The van der Waals surface area contributed by atoms with Crippen molar-refractivity contribution in [2.75, 3.05) is 7.11 Å². The normalized spacial score (nSPS) is 14.2. The van der Waals surface area contributed by atoms with Gasteiger partial charge in [-0.1, -0.05) is 6.42 Å². The Labute approximate surface area is 144 Å². The lowest BCUT2D eigenvalue weighted by Crippen LogP contribution is -2.16. The summed E-state index contributed by atoms with van der Waals surface area (Å²) in [5.41, 5.74) is 4.35. The molecular formula is C18H19FN2O2S. The van der Waals surface area contributed by atoms with Crippen LogP contribution < -0.4 is 10.2 Å². The van der Waals surface area contributed by atoms with E-state index in [2.05, 4.69) is 10.5 Å². The van der Waals surface area contributed by atoms with Crippen molar-refractivity contribution in [1.29, 1.82) is 0 Å². The minimum Gasteiger partial charge on any atom is -0.494 e. The van der Waals surface area contributed by atoms with E-state index in [0.29, 0.717) is 10.4 Å². The Hall–Kier alpha value is -2.21. The van der Waals surface area contributed by atoms with Gasteiger partial charge in [0.1, 0.15) is 0 Å². The third-order valence-electron chi connectivity index (χ3n) is 4.03. The summed E-state index contributed by atoms with van der Waals surface area (Å²) >= 11 is 1.55. The highest BCUT2D eigenvalue weighted by Crippen LogP contribution is 2.28. The molecule has 1 amide bonds. The van der Waals surface area contributed by atoms with Crippen molar-refractivity contribution in [1.82, 2.24) is 5.43 Å². The van der Waals surface area contributed by atoms with Gasteiger partial charge in [-0.3, -0.25) is 4.79 Å². The number of nitrogens with zero attached hydrogens (tertiary/aromatic N) is 1. The zero-order chi connectivity index (χ0) is 16.9. The summed E-state index contributed by atoms with van der Waals surface area (Å²) in [6.45, 7) is 0. The zero-order valence-electron chi connectivity index (χ0n) is 13.5. The Morgan fingerprint density at radius 3 is 2.92 bits per heavy atom. The molecule has 1 heterocycles. The number of benzene rings is 1. The van der Waals surface area contributed by atoms with Crippen LogP contribution in [0.2, 0.25) is 0 Å². The highest BCUT2D eigenvalue weighted by atomic mass is 32.1. The fraction of sp³-hybridized carbons (Fsp3) is 0.333. The number of rotatable bonds is 4. The fourth-order valence-corrected chi connectivity index (χ4v) is 3.91. The number of fused-ring (bicyclic) bond motifs is 1. The van der Waals surface area contributed by atoms with Crippen molar-refractivity contribution >= 4 is 23.5 Å². The number of carbonyl (C=O) groups excluding carboxylic acids is 1. The summed E-state index contributed by atoms with van der Waals surface area (Å²) in [4.78, 5) is 14.2. The van der Waals surface area contributed by atoms with E-state index in [9.17, 15) is 9.18 Å². The van der Waals surface area contributed by atoms with Crippen LogP contribution in [0, 0.1) is 5.82 Å². The van der Waals surface area contributed by atoms with E-state index < -0.39 is 5.82 Å². The minimum atomic E-state index is -0.463. The number of amides is 1. The molecule has 0 saturated carbocycles. The molecule has 0 atom stereocenters. The molecule has 0 bridgehead atoms. The number of hydrazone groups is 1. The van der Waals surface area contributed by atoms with Crippen LogP contribution in [0.15, 0.2) is 29.4 Å². The van der Waals surface area contributed by atoms with Gasteiger partial charge in [-0.2, -0.15) is 5.10 Å². The molecule has 3 rings (SSSR count). The average Bonchev–Trinajstić information content (AvgIpc) is 2.86. The van der Waals surface area contributed by atoms with E-state index in [1.165, 1.54) is 55.2 Å². The number of methoxy groups -OCH3 is 1. The first-order valence-corrected chi connectivity index (χ1v) is 8.77. The molecule has 0 unspecified atom stereocenters. The maximum Gasteiger partial charge on any atom is 0.281 e. The quantitative estimate of drug-likeness (QED) is 0.518. The zero-order valence-corrected chi connectivity index (χ0v) is 14.3. The van der Waals surface area contributed by atoms with Gasteiger partial charge in [0.2, 0.25) is 0 Å². The molecule has 126 valence electrons. The number of aryl methyl sites for hydroxylation is 2. The second-order valence-corrected chi connectivity index (χ2v) is 6.85. The molecule has 0 aliphatic heterocycles. The largest absolute Gasteiger partial charge is 0.494 e. The summed E-state index contributed by atoms with van der Waals surface area (Å²) in [6.07, 6.45) is 7.15. The summed E-state index contributed by atoms with van der Waals surface area (Å²) in [5, 5.41) is 3.91. The number of hydrogen-bond acceptors (Lipinski definition) is 4. The van der Waals surface area contributed by atoms with E-state index in [1.807, 2.05) is 6.07 Å². The van der Waals surface area contributed by atoms with Crippen molar-refractivity contribution in [3.63, 3.8) is 0 Å². The highest BCUT2D eigenvalue weighted by molar-refractivity contribution is 7.14. The SMILES string of the molecule is COc1ccc(/C=N\NC(=O)c2cc3c(s2)CCCCC3)cc1F. The lowest BCUT2D eigenvalue weighted by atomic mass is 10.1. The fourth-order valence-electron chi connectivity index (χ4n) is 2.76. The topological polar surface area (TPSA) is 50.7 Å². The van der Waals surface area contributed by atoms with E-state index in [4.69, 9.17) is 4.74 Å². The lowest BCUT2D eigenvalue weighted by Gasteiger charge is -2.01. The Morgan fingerprint density at radius 1 is 1.29 bits per heavy atom. The molecule has 6 heteroatoms. The number of nitrogens with one attached hydrogen (secondary N) is 1. The van der Waals surface area contributed by atoms with Crippen LogP contribution in [-0.2, 0) is 12.8 Å². The minimum absolute atomic E-state index is 0.177. The van der Waals surface area contributed by atoms with Crippen LogP contribution in [0.5, 0.6) is 5.75 Å². The Kier molecular flexibility index (Phi) is 5.25. The number of hydrogen-bond donors (Lipinski definition) is 1. The van der Waals surface area contributed by atoms with E-state index in [0.717, 1.165) is 12.8 Å². The summed E-state index contributed by atoms with van der Waals surface area (Å²) < 4.78 is 18.5. The number of thiophene rings is 1. The number of halogens is 1. The molecule has 4 nitrogen and oxygen atoms in total. The monoisotopic (exact) mass is 346 g/mol. The second kappa shape index (κ2) is 7.57. The first-order valence-electron chi connectivity index (χ1n) is 7.96. The highest BCUT2D eigenvalue weighted by Gasteiger charge is 2.16. The third kappa shape index (κ3) is 3.82. The van der Waals surface area contributed by atoms with Gasteiger partial charge >= 0.3 is 0 Å². The number of ether oxygens (including phenoxy) is 1. The van der Waals surface area contributed by atoms with Crippen LogP contribution in [0.4, 0.5) is 4.39 Å². The van der Waals surface area contributed by atoms with Gasteiger partial charge in [0.15, 0.2) is 11.6 Å². The van der Waals surface area contributed by atoms with Crippen LogP contribution in [-0.4, -0.2) is 19.2 Å². The summed E-state index contributed by atoms with van der Waals surface area (Å²) in [6, 6.07) is 6.48. The van der Waals surface area contributed by atoms with Crippen molar-refractivity contribution < 1.29 is 13.9 Å². The predicted molar refractivity (Wildman–Crippen MR) is 93.6 cm³/mol. The van der Waals surface area contributed by atoms with Crippen LogP contribution in [0.25, 0.3) is 0 Å². The van der Waals surface area contributed by atoms with Gasteiger partial charge in [0.05, 0.1) is 18.2 Å². The molecule has 1 aromatic carbocycles. The predicted octanol–water partition coefficient (Wildman–Crippen LogP) is 3.93. The first-order chi connectivity index (χ1) is 11.7. The average molecular weight is 346 g/mol. The standard InChI is InChI=1S/C18H19FN2O2S/c1-23-15-8-7-12(9-14(15)19)11-20-21-18(22)17-10-13-5-3-2-4-6-16(13)24-17/h7-11H,2-6H2,1H3,(H,21,22)/b20-11-. The molecular weight excluding hydrogens is 327 g/mol.